The highest BCUT2D eigenvalue weighted by Crippen LogP contribution is 2.36. The lowest BCUT2D eigenvalue weighted by molar-refractivity contribution is -0.127. The number of para-hydroxylation sites is 2. The molecule has 2 aliphatic heterocycles. The first-order valence-electron chi connectivity index (χ1n) is 12.4. The van der Waals surface area contributed by atoms with Crippen LogP contribution in [0.15, 0.2) is 77.7 Å². The number of carbonyl (C=O) groups is 1. The van der Waals surface area contributed by atoms with Crippen molar-refractivity contribution in [3.63, 3.8) is 0 Å². The Morgan fingerprint density at radius 1 is 0.944 bits per heavy atom. The van der Waals surface area contributed by atoms with Gasteiger partial charge in [0, 0.05) is 25.3 Å². The summed E-state index contributed by atoms with van der Waals surface area (Å²) in [6, 6.07) is 21.8. The second-order valence-corrected chi connectivity index (χ2v) is 11.2. The summed E-state index contributed by atoms with van der Waals surface area (Å²) in [7, 11) is -3.87. The van der Waals surface area contributed by atoms with Crippen molar-refractivity contribution in [2.75, 3.05) is 28.8 Å². The monoisotopic (exact) mass is 505 g/mol. The maximum Gasteiger partial charge on any atom is 0.264 e. The van der Waals surface area contributed by atoms with E-state index < -0.39 is 16.1 Å². The van der Waals surface area contributed by atoms with Crippen LogP contribution in [0.25, 0.3) is 0 Å². The van der Waals surface area contributed by atoms with Crippen LogP contribution in [0.5, 0.6) is 5.75 Å². The van der Waals surface area contributed by atoms with E-state index in [1.807, 2.05) is 19.1 Å². The van der Waals surface area contributed by atoms with E-state index in [2.05, 4.69) is 22.3 Å². The summed E-state index contributed by atoms with van der Waals surface area (Å²) >= 11 is 0. The quantitative estimate of drug-likeness (QED) is 0.542. The molecule has 188 valence electrons. The van der Waals surface area contributed by atoms with Gasteiger partial charge in [-0.3, -0.25) is 9.10 Å². The minimum Gasteiger partial charge on any atom is -0.476 e. The molecule has 1 atom stereocenters. The number of sulfonamides is 1. The van der Waals surface area contributed by atoms with Gasteiger partial charge in [-0.2, -0.15) is 0 Å². The van der Waals surface area contributed by atoms with Gasteiger partial charge >= 0.3 is 0 Å². The van der Waals surface area contributed by atoms with Crippen molar-refractivity contribution in [1.29, 1.82) is 0 Å². The van der Waals surface area contributed by atoms with Crippen LogP contribution in [0.2, 0.25) is 0 Å². The van der Waals surface area contributed by atoms with Gasteiger partial charge in [-0.05, 0) is 68.1 Å². The highest BCUT2D eigenvalue weighted by Gasteiger charge is 2.37. The fourth-order valence-electron chi connectivity index (χ4n) is 4.68. The summed E-state index contributed by atoms with van der Waals surface area (Å²) in [5.41, 5.74) is 3.58. The molecule has 1 amide bonds. The van der Waals surface area contributed by atoms with Crippen LogP contribution in [0, 0.1) is 6.92 Å². The lowest BCUT2D eigenvalue weighted by atomic mass is 10.1. The number of carbonyl (C=O) groups excluding carboxylic acids is 1. The molecule has 3 aromatic carbocycles. The summed E-state index contributed by atoms with van der Waals surface area (Å²) in [5, 5.41) is 2.92. The molecular weight excluding hydrogens is 474 g/mol. The van der Waals surface area contributed by atoms with E-state index in [0.29, 0.717) is 18.0 Å². The lowest BCUT2D eigenvalue weighted by Gasteiger charge is -2.34. The molecule has 0 aliphatic carbocycles. The third-order valence-electron chi connectivity index (χ3n) is 6.76. The Balaban J connectivity index is 1.29. The number of hydrogen-bond donors (Lipinski definition) is 1. The molecule has 0 aromatic heterocycles. The van der Waals surface area contributed by atoms with Crippen LogP contribution in [-0.4, -0.2) is 40.1 Å². The zero-order chi connectivity index (χ0) is 25.1. The number of hydrogen-bond acceptors (Lipinski definition) is 5. The van der Waals surface area contributed by atoms with Gasteiger partial charge in [0.05, 0.1) is 17.1 Å². The molecule has 0 radical (unpaired) electrons. The molecule has 7 nitrogen and oxygen atoms in total. The van der Waals surface area contributed by atoms with Gasteiger partial charge < -0.3 is 15.0 Å². The molecule has 8 heteroatoms. The van der Waals surface area contributed by atoms with E-state index >= 15 is 0 Å². The number of nitrogens with zero attached hydrogens (tertiary/aromatic N) is 2. The van der Waals surface area contributed by atoms with Gasteiger partial charge in [-0.1, -0.05) is 42.0 Å². The summed E-state index contributed by atoms with van der Waals surface area (Å²) in [4.78, 5) is 15.7. The van der Waals surface area contributed by atoms with Gasteiger partial charge in [0.2, 0.25) is 0 Å². The highest BCUT2D eigenvalue weighted by atomic mass is 32.2. The van der Waals surface area contributed by atoms with Crippen LogP contribution in [0.3, 0.4) is 0 Å². The van der Waals surface area contributed by atoms with E-state index in [4.69, 9.17) is 4.74 Å². The second-order valence-electron chi connectivity index (χ2n) is 9.36. The van der Waals surface area contributed by atoms with Crippen LogP contribution >= 0.6 is 0 Å². The van der Waals surface area contributed by atoms with Crippen LogP contribution in [0.1, 0.15) is 30.4 Å². The van der Waals surface area contributed by atoms with Crippen molar-refractivity contribution in [3.05, 3.63) is 83.9 Å². The van der Waals surface area contributed by atoms with Crippen LogP contribution in [-0.2, 0) is 21.4 Å². The lowest BCUT2D eigenvalue weighted by Crippen LogP contribution is -2.50. The normalized spacial score (nSPS) is 17.8. The molecule has 0 bridgehead atoms. The Morgan fingerprint density at radius 3 is 2.36 bits per heavy atom. The Hall–Kier alpha value is -3.52. The number of fused-ring (bicyclic) bond motifs is 1. The summed E-state index contributed by atoms with van der Waals surface area (Å²) in [6.07, 6.45) is 2.77. The van der Waals surface area contributed by atoms with Gasteiger partial charge in [0.1, 0.15) is 5.75 Å². The average molecular weight is 506 g/mol. The number of rotatable bonds is 6. The van der Waals surface area contributed by atoms with Gasteiger partial charge in [0.25, 0.3) is 15.9 Å². The summed E-state index contributed by atoms with van der Waals surface area (Å²) in [6.45, 7) is 4.30. The Bertz CT molecular complexity index is 1320. The Labute approximate surface area is 212 Å². The average Bonchev–Trinajstić information content (AvgIpc) is 2.92. The van der Waals surface area contributed by atoms with Crippen molar-refractivity contribution in [2.45, 2.75) is 43.7 Å². The maximum absolute atomic E-state index is 13.5. The predicted molar refractivity (Wildman–Crippen MR) is 141 cm³/mol. The molecule has 1 N–H and O–H groups in total. The van der Waals surface area contributed by atoms with E-state index in [9.17, 15) is 13.2 Å². The van der Waals surface area contributed by atoms with Crippen molar-refractivity contribution < 1.29 is 17.9 Å². The standard InChI is InChI=1S/C28H31N3O4S/c1-21-9-15-24(16-10-21)36(33,34)31-20-27(35-26-8-4-3-7-25(26)31)28(32)29-19-22-11-13-23(14-12-22)30-17-5-2-6-18-30/h3-4,7-16,27H,2,5-6,17-20H2,1H3,(H,29,32)/t27-/m0/s1. The number of ether oxygens (including phenoxy) is 1. The molecule has 1 saturated heterocycles. The number of anilines is 2. The first-order valence-corrected chi connectivity index (χ1v) is 13.8. The predicted octanol–water partition coefficient (Wildman–Crippen LogP) is 4.26. The van der Waals surface area contributed by atoms with Gasteiger partial charge in [-0.15, -0.1) is 0 Å². The molecule has 36 heavy (non-hydrogen) atoms. The molecule has 1 fully saturated rings. The SMILES string of the molecule is Cc1ccc(S(=O)(=O)N2C[C@@H](C(=O)NCc3ccc(N4CCCCC4)cc3)Oc3ccccc32)cc1. The van der Waals surface area contributed by atoms with E-state index in [1.165, 1.54) is 29.3 Å². The highest BCUT2D eigenvalue weighted by molar-refractivity contribution is 7.92. The number of benzene rings is 3. The number of nitrogens with one attached hydrogen (secondary N) is 1. The third kappa shape index (κ3) is 5.04. The first-order chi connectivity index (χ1) is 17.4. The summed E-state index contributed by atoms with van der Waals surface area (Å²) < 4.78 is 34.2. The Morgan fingerprint density at radius 2 is 1.64 bits per heavy atom. The molecule has 0 unspecified atom stereocenters. The number of piperidine rings is 1. The maximum atomic E-state index is 13.5. The number of amides is 1. The fraction of sp³-hybridized carbons (Fsp3) is 0.321. The van der Waals surface area contributed by atoms with Crippen LogP contribution < -0.4 is 19.3 Å². The molecule has 0 saturated carbocycles. The first kappa shape index (κ1) is 24.2. The minimum absolute atomic E-state index is 0.104. The zero-order valence-electron chi connectivity index (χ0n) is 20.4. The largest absolute Gasteiger partial charge is 0.476 e. The minimum atomic E-state index is -3.87. The van der Waals surface area contributed by atoms with Crippen LogP contribution in [0.4, 0.5) is 11.4 Å². The number of aryl methyl sites for hydroxylation is 1. The molecule has 2 aliphatic rings. The molecule has 5 rings (SSSR count). The van der Waals surface area contributed by atoms with Gasteiger partial charge in [0.15, 0.2) is 6.10 Å². The van der Waals surface area contributed by atoms with Crippen molar-refractivity contribution in [3.8, 4) is 5.75 Å². The van der Waals surface area contributed by atoms with Gasteiger partial charge in [-0.25, -0.2) is 8.42 Å². The molecule has 0 spiro atoms. The van der Waals surface area contributed by atoms with Crippen molar-refractivity contribution in [2.24, 2.45) is 0 Å². The van der Waals surface area contributed by atoms with E-state index in [0.717, 1.165) is 24.2 Å². The summed E-state index contributed by atoms with van der Waals surface area (Å²) in [5.74, 6) is 0.0131. The zero-order valence-corrected chi connectivity index (χ0v) is 21.2. The molecule has 3 aromatic rings. The van der Waals surface area contributed by atoms with E-state index in [-0.39, 0.29) is 17.3 Å². The second kappa shape index (κ2) is 10.2. The van der Waals surface area contributed by atoms with E-state index in [1.54, 1.807) is 48.5 Å². The van der Waals surface area contributed by atoms with Crippen molar-refractivity contribution in [1.82, 2.24) is 5.32 Å². The fourth-order valence-corrected chi connectivity index (χ4v) is 6.16. The Kier molecular flexibility index (Phi) is 6.87. The molecule has 2 heterocycles. The smallest absolute Gasteiger partial charge is 0.264 e. The topological polar surface area (TPSA) is 79.0 Å². The third-order valence-corrected chi connectivity index (χ3v) is 8.55. The molecular formula is C28H31N3O4S. The van der Waals surface area contributed by atoms with Crippen molar-refractivity contribution >= 4 is 27.3 Å².